The quantitative estimate of drug-likeness (QED) is 0.168. The van der Waals surface area contributed by atoms with Gasteiger partial charge in [0.25, 0.3) is 0 Å². The maximum atomic E-state index is 17.0. The first kappa shape index (κ1) is 33.7. The number of aromatic nitrogens is 1. The summed E-state index contributed by atoms with van der Waals surface area (Å²) >= 11 is 0. The van der Waals surface area contributed by atoms with Crippen LogP contribution in [0, 0.1) is 0 Å². The number of anilines is 3. The molecule has 59 heavy (non-hydrogen) atoms. The zero-order valence-corrected chi connectivity index (χ0v) is 32.8. The normalized spacial score (nSPS) is 14.9. The predicted octanol–water partition coefficient (Wildman–Crippen LogP) is 13.4. The maximum Gasteiger partial charge on any atom is 0.172 e. The molecule has 1 atom stereocenters. The summed E-state index contributed by atoms with van der Waals surface area (Å²) in [6.07, 6.45) is 0. The summed E-state index contributed by atoms with van der Waals surface area (Å²) < 4.78 is 26.0. The first-order chi connectivity index (χ1) is 29.2. The van der Waals surface area contributed by atoms with E-state index < -0.39 is 7.14 Å². The van der Waals surface area contributed by atoms with Crippen molar-refractivity contribution in [3.05, 3.63) is 212 Å². The van der Waals surface area contributed by atoms with E-state index in [4.69, 9.17) is 4.42 Å². The van der Waals surface area contributed by atoms with Crippen LogP contribution in [0.3, 0.4) is 0 Å². The summed E-state index contributed by atoms with van der Waals surface area (Å²) in [6, 6.07) is 73.9. The van der Waals surface area contributed by atoms with Crippen molar-refractivity contribution in [2.75, 3.05) is 4.90 Å². The Morgan fingerprint density at radius 2 is 0.966 bits per heavy atom. The minimum absolute atomic E-state index is 0.708. The van der Waals surface area contributed by atoms with Crippen molar-refractivity contribution in [2.45, 2.75) is 0 Å². The molecular formula is C54H35N2O2P. The van der Waals surface area contributed by atoms with Crippen LogP contribution in [0.15, 0.2) is 217 Å². The molecule has 0 N–H and O–H groups in total. The molecule has 9 aromatic carbocycles. The van der Waals surface area contributed by atoms with Crippen molar-refractivity contribution in [3.8, 4) is 27.9 Å². The fourth-order valence-electron chi connectivity index (χ4n) is 9.41. The standard InChI is InChI=1S/C54H35N2O2P/c57-59(38-19-5-2-6-20-38)53-30-16-11-25-44(53)41-23-9-14-28-49(41)55(36-17-3-1-4-18-36)50-33-37(56-47-26-12-7-21-39(47)40-22-8-13-27-48(40)56)31-32-42(50)46-34-45-43-24-10-15-29-51(43)58-52(45)35-54(46)59/h1-35H. The second-order valence-electron chi connectivity index (χ2n) is 15.2. The van der Waals surface area contributed by atoms with E-state index in [-0.39, 0.29) is 0 Å². The number of para-hydroxylation sites is 5. The minimum Gasteiger partial charge on any atom is -0.456 e. The van der Waals surface area contributed by atoms with E-state index in [9.17, 15) is 0 Å². The molecule has 0 aliphatic carbocycles. The van der Waals surface area contributed by atoms with E-state index in [1.54, 1.807) is 0 Å². The van der Waals surface area contributed by atoms with Gasteiger partial charge in [-0.25, -0.2) is 0 Å². The summed E-state index contributed by atoms with van der Waals surface area (Å²) in [6.45, 7) is 0. The molecule has 0 bridgehead atoms. The molecule has 4 nitrogen and oxygen atoms in total. The average Bonchev–Trinajstić information content (AvgIpc) is 3.84. The second kappa shape index (κ2) is 13.1. The molecule has 12 rings (SSSR count). The smallest absolute Gasteiger partial charge is 0.172 e. The highest BCUT2D eigenvalue weighted by Gasteiger charge is 2.38. The molecular weight excluding hydrogens is 740 g/mol. The Kier molecular flexibility index (Phi) is 7.47. The third-order valence-corrected chi connectivity index (χ3v) is 15.1. The minimum atomic E-state index is -3.62. The van der Waals surface area contributed by atoms with Gasteiger partial charge >= 0.3 is 0 Å². The van der Waals surface area contributed by atoms with Gasteiger partial charge < -0.3 is 18.4 Å². The van der Waals surface area contributed by atoms with Crippen LogP contribution < -0.4 is 20.8 Å². The number of benzene rings is 9. The Morgan fingerprint density at radius 3 is 1.73 bits per heavy atom. The molecule has 0 saturated carbocycles. The zero-order valence-electron chi connectivity index (χ0n) is 31.9. The third-order valence-electron chi connectivity index (χ3n) is 12.0. The van der Waals surface area contributed by atoms with Crippen molar-refractivity contribution >= 4 is 83.9 Å². The van der Waals surface area contributed by atoms with Gasteiger partial charge in [0.15, 0.2) is 7.14 Å². The molecule has 3 heterocycles. The number of rotatable bonds is 3. The number of furan rings is 1. The highest BCUT2D eigenvalue weighted by atomic mass is 31.2. The Morgan fingerprint density at radius 1 is 0.373 bits per heavy atom. The van der Waals surface area contributed by atoms with Crippen LogP contribution in [0.2, 0.25) is 0 Å². The molecule has 5 heteroatoms. The Bertz CT molecular complexity index is 3440. The van der Waals surface area contributed by atoms with Gasteiger partial charge in [0.1, 0.15) is 11.2 Å². The maximum absolute atomic E-state index is 17.0. The van der Waals surface area contributed by atoms with Gasteiger partial charge in [-0.1, -0.05) is 152 Å². The van der Waals surface area contributed by atoms with Crippen molar-refractivity contribution < 1.29 is 8.98 Å². The number of hydrogen-bond donors (Lipinski definition) is 0. The highest BCUT2D eigenvalue weighted by Crippen LogP contribution is 2.54. The lowest BCUT2D eigenvalue weighted by Gasteiger charge is -2.34. The van der Waals surface area contributed by atoms with E-state index in [1.165, 1.54) is 10.8 Å². The SMILES string of the molecule is O=P1(c2ccccc2)c2ccccc2-c2ccccc2N(c2ccccc2)c2cc(-n3c4ccccc4c4ccccc43)ccc2-c2cc3c(cc21)oc1ccccc13. The van der Waals surface area contributed by atoms with Crippen molar-refractivity contribution in [2.24, 2.45) is 0 Å². The van der Waals surface area contributed by atoms with Crippen molar-refractivity contribution in [1.82, 2.24) is 4.57 Å². The molecule has 11 aromatic rings. The van der Waals surface area contributed by atoms with E-state index in [0.29, 0.717) is 5.58 Å². The summed E-state index contributed by atoms with van der Waals surface area (Å²) in [5.41, 5.74) is 11.6. The molecule has 1 aliphatic rings. The molecule has 0 radical (unpaired) electrons. The molecule has 0 saturated heterocycles. The van der Waals surface area contributed by atoms with E-state index in [0.717, 1.165) is 88.3 Å². The largest absolute Gasteiger partial charge is 0.456 e. The second-order valence-corrected chi connectivity index (χ2v) is 17.9. The van der Waals surface area contributed by atoms with Crippen LogP contribution in [0.4, 0.5) is 17.1 Å². The molecule has 1 unspecified atom stereocenters. The van der Waals surface area contributed by atoms with E-state index in [1.807, 2.05) is 54.6 Å². The summed E-state index contributed by atoms with van der Waals surface area (Å²) in [5.74, 6) is 0. The van der Waals surface area contributed by atoms with Crippen molar-refractivity contribution in [1.29, 1.82) is 0 Å². The van der Waals surface area contributed by atoms with Crippen molar-refractivity contribution in [3.63, 3.8) is 0 Å². The molecule has 0 amide bonds. The first-order valence-electron chi connectivity index (χ1n) is 20.0. The topological polar surface area (TPSA) is 38.4 Å². The first-order valence-corrected chi connectivity index (χ1v) is 21.7. The van der Waals surface area contributed by atoms with Gasteiger partial charge in [0.05, 0.1) is 22.4 Å². The van der Waals surface area contributed by atoms with Gasteiger partial charge in [0, 0.05) is 60.0 Å². The Labute approximate surface area is 341 Å². The lowest BCUT2D eigenvalue weighted by Crippen LogP contribution is -2.29. The number of fused-ring (bicyclic) bond motifs is 12. The van der Waals surface area contributed by atoms with E-state index >= 15 is 4.57 Å². The fraction of sp³-hybridized carbons (Fsp3) is 0. The van der Waals surface area contributed by atoms with Crippen LogP contribution in [0.25, 0.3) is 71.7 Å². The Hall–Kier alpha value is -7.39. The number of nitrogens with zero attached hydrogens (tertiary/aromatic N) is 2. The number of hydrogen-bond acceptors (Lipinski definition) is 3. The van der Waals surface area contributed by atoms with Gasteiger partial charge in [-0.05, 0) is 71.8 Å². The summed E-state index contributed by atoms with van der Waals surface area (Å²) in [4.78, 5) is 2.39. The van der Waals surface area contributed by atoms with Crippen LogP contribution in [0.1, 0.15) is 0 Å². The molecule has 278 valence electrons. The highest BCUT2D eigenvalue weighted by molar-refractivity contribution is 7.85. The van der Waals surface area contributed by atoms with Crippen LogP contribution in [0.5, 0.6) is 0 Å². The third kappa shape index (κ3) is 5.00. The average molecular weight is 775 g/mol. The monoisotopic (exact) mass is 774 g/mol. The van der Waals surface area contributed by atoms with Crippen LogP contribution in [-0.2, 0) is 4.57 Å². The molecule has 1 aliphatic heterocycles. The van der Waals surface area contributed by atoms with Gasteiger partial charge in [-0.2, -0.15) is 0 Å². The van der Waals surface area contributed by atoms with Gasteiger partial charge in [0.2, 0.25) is 0 Å². The van der Waals surface area contributed by atoms with Crippen LogP contribution >= 0.6 is 7.14 Å². The fourth-order valence-corrected chi connectivity index (χ4v) is 12.5. The van der Waals surface area contributed by atoms with Gasteiger partial charge in [-0.15, -0.1) is 0 Å². The predicted molar refractivity (Wildman–Crippen MR) is 247 cm³/mol. The molecule has 2 aromatic heterocycles. The zero-order chi connectivity index (χ0) is 39.1. The van der Waals surface area contributed by atoms with Gasteiger partial charge in [-0.3, -0.25) is 0 Å². The van der Waals surface area contributed by atoms with Crippen LogP contribution in [-0.4, -0.2) is 4.57 Å². The summed E-state index contributed by atoms with van der Waals surface area (Å²) in [5, 5.41) is 6.70. The molecule has 0 fully saturated rings. The lowest BCUT2D eigenvalue weighted by atomic mass is 9.97. The molecule has 0 spiro atoms. The Balaban J connectivity index is 1.29. The van der Waals surface area contributed by atoms with E-state index in [2.05, 4.69) is 167 Å². The summed E-state index contributed by atoms with van der Waals surface area (Å²) in [7, 11) is -3.62. The lowest BCUT2D eigenvalue weighted by molar-refractivity contribution is 0.592.